The summed E-state index contributed by atoms with van der Waals surface area (Å²) < 4.78 is 5.51. The second-order valence-corrected chi connectivity index (χ2v) is 5.89. The Morgan fingerprint density at radius 1 is 1.50 bits per heavy atom. The highest BCUT2D eigenvalue weighted by Crippen LogP contribution is 2.23. The van der Waals surface area contributed by atoms with Gasteiger partial charge in [-0.2, -0.15) is 0 Å². The van der Waals surface area contributed by atoms with Gasteiger partial charge in [-0.1, -0.05) is 20.8 Å². The molecule has 0 bridgehead atoms. The van der Waals surface area contributed by atoms with Gasteiger partial charge >= 0.3 is 0 Å². The molecule has 2 saturated heterocycles. The van der Waals surface area contributed by atoms with E-state index in [0.717, 1.165) is 32.6 Å². The van der Waals surface area contributed by atoms with Crippen LogP contribution in [0.1, 0.15) is 40.0 Å². The maximum Gasteiger partial charge on any atom is 0.241 e. The number of nitrogens with one attached hydrogen (secondary N) is 1. The van der Waals surface area contributed by atoms with Gasteiger partial charge in [-0.25, -0.2) is 0 Å². The van der Waals surface area contributed by atoms with Crippen LogP contribution in [0.2, 0.25) is 0 Å². The number of hydrogen-bond donors (Lipinski definition) is 1. The topological polar surface area (TPSA) is 41.6 Å². The van der Waals surface area contributed by atoms with Crippen molar-refractivity contribution in [3.8, 4) is 0 Å². The van der Waals surface area contributed by atoms with Crippen LogP contribution < -0.4 is 5.32 Å². The van der Waals surface area contributed by atoms with E-state index in [0.29, 0.717) is 11.8 Å². The summed E-state index contributed by atoms with van der Waals surface area (Å²) in [7, 11) is 0. The van der Waals surface area contributed by atoms with Gasteiger partial charge in [0, 0.05) is 19.1 Å². The van der Waals surface area contributed by atoms with Gasteiger partial charge in [-0.3, -0.25) is 10.1 Å². The molecule has 2 aliphatic heterocycles. The maximum absolute atomic E-state index is 12.4. The lowest BCUT2D eigenvalue weighted by atomic mass is 10.0. The Balaban J connectivity index is 1.98. The van der Waals surface area contributed by atoms with Crippen molar-refractivity contribution in [2.24, 2.45) is 11.8 Å². The minimum atomic E-state index is -0.000501. The Morgan fingerprint density at radius 2 is 2.28 bits per heavy atom. The molecule has 2 fully saturated rings. The Hall–Kier alpha value is -0.610. The van der Waals surface area contributed by atoms with Crippen LogP contribution in [0.25, 0.3) is 0 Å². The summed E-state index contributed by atoms with van der Waals surface area (Å²) in [4.78, 5) is 14.5. The molecule has 0 aromatic heterocycles. The first-order valence-electron chi connectivity index (χ1n) is 7.27. The van der Waals surface area contributed by atoms with E-state index in [1.54, 1.807) is 0 Å². The molecule has 3 atom stereocenters. The van der Waals surface area contributed by atoms with E-state index in [1.165, 1.54) is 6.42 Å². The van der Waals surface area contributed by atoms with Gasteiger partial charge in [0.15, 0.2) is 0 Å². The van der Waals surface area contributed by atoms with Gasteiger partial charge < -0.3 is 9.64 Å². The van der Waals surface area contributed by atoms with Gasteiger partial charge in [-0.15, -0.1) is 0 Å². The number of carbonyl (C=O) groups excluding carboxylic acids is 1. The first-order chi connectivity index (χ1) is 8.63. The quantitative estimate of drug-likeness (QED) is 0.828. The molecule has 0 saturated carbocycles. The molecule has 104 valence electrons. The zero-order chi connectivity index (χ0) is 13.1. The minimum Gasteiger partial charge on any atom is -0.381 e. The summed E-state index contributed by atoms with van der Waals surface area (Å²) in [6.07, 6.45) is 3.51. The Bertz CT molecular complexity index is 288. The highest BCUT2D eigenvalue weighted by molar-refractivity contribution is 5.84. The normalized spacial score (nSPS) is 33.4. The second kappa shape index (κ2) is 6.02. The van der Waals surface area contributed by atoms with Crippen molar-refractivity contribution in [1.29, 1.82) is 0 Å². The van der Waals surface area contributed by atoms with Crippen molar-refractivity contribution < 1.29 is 9.53 Å². The first-order valence-corrected chi connectivity index (χ1v) is 7.27. The molecule has 2 heterocycles. The third-order valence-corrected chi connectivity index (χ3v) is 4.06. The smallest absolute Gasteiger partial charge is 0.241 e. The molecular formula is C14H26N2O2. The van der Waals surface area contributed by atoms with E-state index >= 15 is 0 Å². The average Bonchev–Trinajstić information content (AvgIpc) is 2.68. The van der Waals surface area contributed by atoms with E-state index in [4.69, 9.17) is 4.74 Å². The molecule has 0 aromatic rings. The zero-order valence-corrected chi connectivity index (χ0v) is 11.8. The van der Waals surface area contributed by atoms with Crippen LogP contribution in [-0.4, -0.2) is 42.8 Å². The predicted molar refractivity (Wildman–Crippen MR) is 71.1 cm³/mol. The number of ether oxygens (including phenoxy) is 1. The summed E-state index contributed by atoms with van der Waals surface area (Å²) in [5.41, 5.74) is 0. The van der Waals surface area contributed by atoms with Crippen molar-refractivity contribution in [2.75, 3.05) is 19.8 Å². The zero-order valence-electron chi connectivity index (χ0n) is 11.8. The fourth-order valence-electron chi connectivity index (χ4n) is 2.96. The van der Waals surface area contributed by atoms with Crippen molar-refractivity contribution in [2.45, 2.75) is 52.2 Å². The summed E-state index contributed by atoms with van der Waals surface area (Å²) in [6, 6.07) is -0.000501. The lowest BCUT2D eigenvalue weighted by Crippen LogP contribution is -2.41. The van der Waals surface area contributed by atoms with Gasteiger partial charge in [-0.05, 0) is 25.2 Å². The number of hydrogen-bond acceptors (Lipinski definition) is 3. The number of rotatable bonds is 4. The van der Waals surface area contributed by atoms with E-state index in [2.05, 4.69) is 26.1 Å². The molecule has 0 aromatic carbocycles. The Labute approximate surface area is 110 Å². The molecular weight excluding hydrogens is 228 g/mol. The van der Waals surface area contributed by atoms with Crippen LogP contribution in [0.5, 0.6) is 0 Å². The Kier molecular flexibility index (Phi) is 4.62. The lowest BCUT2D eigenvalue weighted by Gasteiger charge is -2.30. The van der Waals surface area contributed by atoms with Crippen LogP contribution in [0.15, 0.2) is 0 Å². The van der Waals surface area contributed by atoms with Crippen molar-refractivity contribution in [3.63, 3.8) is 0 Å². The minimum absolute atomic E-state index is 0.000501. The molecule has 18 heavy (non-hydrogen) atoms. The van der Waals surface area contributed by atoms with E-state index in [1.807, 2.05) is 4.90 Å². The van der Waals surface area contributed by atoms with Crippen molar-refractivity contribution >= 4 is 5.91 Å². The number of nitrogens with zero attached hydrogens (tertiary/aromatic N) is 1. The van der Waals surface area contributed by atoms with E-state index in [-0.39, 0.29) is 18.1 Å². The molecule has 2 aliphatic rings. The predicted octanol–water partition coefficient (Wildman–Crippen LogP) is 1.61. The van der Waals surface area contributed by atoms with Crippen molar-refractivity contribution in [1.82, 2.24) is 10.2 Å². The number of carbonyl (C=O) groups is 1. The highest BCUT2D eigenvalue weighted by Gasteiger charge is 2.40. The monoisotopic (exact) mass is 254 g/mol. The summed E-state index contributed by atoms with van der Waals surface area (Å²) in [6.45, 7) is 8.90. The van der Waals surface area contributed by atoms with Gasteiger partial charge in [0.25, 0.3) is 0 Å². The summed E-state index contributed by atoms with van der Waals surface area (Å²) >= 11 is 0. The summed E-state index contributed by atoms with van der Waals surface area (Å²) in [5.74, 6) is 1.16. The van der Waals surface area contributed by atoms with Crippen molar-refractivity contribution in [3.05, 3.63) is 0 Å². The molecule has 0 radical (unpaired) electrons. The van der Waals surface area contributed by atoms with Crippen LogP contribution >= 0.6 is 0 Å². The first kappa shape index (κ1) is 13.8. The molecule has 0 spiro atoms. The van der Waals surface area contributed by atoms with Gasteiger partial charge in [0.05, 0.1) is 18.8 Å². The third kappa shape index (κ3) is 2.86. The highest BCUT2D eigenvalue weighted by atomic mass is 16.5. The van der Waals surface area contributed by atoms with Gasteiger partial charge in [0.2, 0.25) is 5.91 Å². The second-order valence-electron chi connectivity index (χ2n) is 5.89. The summed E-state index contributed by atoms with van der Waals surface area (Å²) in [5, 5.41) is 3.47. The molecule has 1 amide bonds. The largest absolute Gasteiger partial charge is 0.381 e. The molecule has 3 unspecified atom stereocenters. The molecule has 2 rings (SSSR count). The standard InChI is InChI=1S/C14H26N2O2/c1-4-12-15-13(10(2)3)14(17)16(12)8-11-6-5-7-18-9-11/h10-13,15H,4-9H2,1-3H3. The van der Waals surface area contributed by atoms with E-state index < -0.39 is 0 Å². The fraction of sp³-hybridized carbons (Fsp3) is 0.929. The molecule has 4 nitrogen and oxygen atoms in total. The van der Waals surface area contributed by atoms with Crippen LogP contribution in [-0.2, 0) is 9.53 Å². The molecule has 1 N–H and O–H groups in total. The molecule has 4 heteroatoms. The number of amides is 1. The van der Waals surface area contributed by atoms with E-state index in [9.17, 15) is 4.79 Å². The Morgan fingerprint density at radius 3 is 2.83 bits per heavy atom. The SMILES string of the molecule is CCC1NC(C(C)C)C(=O)N1CC1CCCOC1. The lowest BCUT2D eigenvalue weighted by molar-refractivity contribution is -0.132. The average molecular weight is 254 g/mol. The fourth-order valence-corrected chi connectivity index (χ4v) is 2.96. The van der Waals surface area contributed by atoms with Crippen LogP contribution in [0, 0.1) is 11.8 Å². The van der Waals surface area contributed by atoms with Crippen LogP contribution in [0.4, 0.5) is 0 Å². The van der Waals surface area contributed by atoms with Crippen LogP contribution in [0.3, 0.4) is 0 Å². The third-order valence-electron chi connectivity index (χ3n) is 4.06. The molecule has 0 aliphatic carbocycles. The van der Waals surface area contributed by atoms with Gasteiger partial charge in [0.1, 0.15) is 0 Å². The maximum atomic E-state index is 12.4.